The summed E-state index contributed by atoms with van der Waals surface area (Å²) in [6.07, 6.45) is 1.62. The summed E-state index contributed by atoms with van der Waals surface area (Å²) in [5.74, 6) is 1.11. The first kappa shape index (κ1) is 21.8. The number of hydrogen-bond donors (Lipinski definition) is 1. The van der Waals surface area contributed by atoms with Crippen molar-refractivity contribution in [1.29, 1.82) is 0 Å². The van der Waals surface area contributed by atoms with Crippen LogP contribution in [0.25, 0.3) is 5.76 Å². The zero-order valence-corrected chi connectivity index (χ0v) is 17.5. The first-order chi connectivity index (χ1) is 13.4. The largest absolute Gasteiger partial charge is 0.494 e. The third-order valence-electron chi connectivity index (χ3n) is 4.17. The molecule has 4 nitrogen and oxygen atoms in total. The highest BCUT2D eigenvalue weighted by atomic mass is 35.5. The van der Waals surface area contributed by atoms with Crippen LogP contribution in [0, 0.1) is 0 Å². The van der Waals surface area contributed by atoms with Crippen LogP contribution < -0.4 is 10.1 Å². The lowest BCUT2D eigenvalue weighted by Gasteiger charge is -2.15. The van der Waals surface area contributed by atoms with Gasteiger partial charge in [-0.05, 0) is 50.5 Å². The molecular formula is C23H28ClNO3. The third kappa shape index (κ3) is 6.31. The summed E-state index contributed by atoms with van der Waals surface area (Å²) in [6.45, 7) is 11.0. The van der Waals surface area contributed by atoms with E-state index in [1.807, 2.05) is 45.0 Å². The maximum atomic E-state index is 12.5. The summed E-state index contributed by atoms with van der Waals surface area (Å²) < 4.78 is 11.0. The molecule has 5 heteroatoms. The molecule has 0 bridgehead atoms. The molecule has 150 valence electrons. The second-order valence-corrected chi connectivity index (χ2v) is 7.03. The molecule has 1 amide bonds. The maximum absolute atomic E-state index is 12.5. The van der Waals surface area contributed by atoms with E-state index in [0.717, 1.165) is 24.0 Å². The van der Waals surface area contributed by atoms with Gasteiger partial charge in [-0.1, -0.05) is 49.4 Å². The summed E-state index contributed by atoms with van der Waals surface area (Å²) in [6, 6.07) is 13.1. The molecule has 0 spiro atoms. The number of ether oxygens (including phenoxy) is 2. The highest BCUT2D eigenvalue weighted by Gasteiger charge is 2.13. The number of carbonyl (C=O) groups is 1. The van der Waals surface area contributed by atoms with E-state index in [2.05, 4.69) is 11.9 Å². The van der Waals surface area contributed by atoms with Crippen LogP contribution in [-0.4, -0.2) is 25.2 Å². The molecule has 1 N–H and O–H groups in total. The highest BCUT2D eigenvalue weighted by molar-refractivity contribution is 6.32. The summed E-state index contributed by atoms with van der Waals surface area (Å²) >= 11 is 6.22. The van der Waals surface area contributed by atoms with E-state index < -0.39 is 0 Å². The maximum Gasteiger partial charge on any atom is 0.251 e. The zero-order valence-electron chi connectivity index (χ0n) is 16.8. The molecule has 1 atom stereocenters. The molecule has 0 unspecified atom stereocenters. The standard InChI is InChI=1S/C23H28ClNO3/c1-5-13-28-22-12-11-20(15-21(22)24)23(26)25-16(3)14-18-7-9-19(10-8-18)17(4)27-6-2/h7-12,15-16H,4-6,13-14H2,1-3H3,(H,25,26)/t16-/m1/s1. The average molecular weight is 402 g/mol. The van der Waals surface area contributed by atoms with Crippen molar-refractivity contribution in [3.63, 3.8) is 0 Å². The van der Waals surface area contributed by atoms with Crippen molar-refractivity contribution < 1.29 is 14.3 Å². The van der Waals surface area contributed by atoms with Gasteiger partial charge in [-0.3, -0.25) is 4.79 Å². The molecule has 2 aromatic carbocycles. The Bertz CT molecular complexity index is 802. The monoisotopic (exact) mass is 401 g/mol. The number of rotatable bonds is 10. The Morgan fingerprint density at radius 2 is 1.82 bits per heavy atom. The molecule has 0 saturated heterocycles. The van der Waals surface area contributed by atoms with Crippen LogP contribution in [0.4, 0.5) is 0 Å². The number of carbonyl (C=O) groups excluding carboxylic acids is 1. The Labute approximate surface area is 172 Å². The fraction of sp³-hybridized carbons (Fsp3) is 0.348. The van der Waals surface area contributed by atoms with Crippen molar-refractivity contribution >= 4 is 23.3 Å². The average Bonchev–Trinajstić information content (AvgIpc) is 2.67. The quantitative estimate of drug-likeness (QED) is 0.535. The van der Waals surface area contributed by atoms with E-state index in [0.29, 0.717) is 35.3 Å². The molecule has 2 aromatic rings. The van der Waals surface area contributed by atoms with Gasteiger partial charge in [-0.2, -0.15) is 0 Å². The number of benzene rings is 2. The topological polar surface area (TPSA) is 47.6 Å². The second kappa shape index (κ2) is 10.8. The van der Waals surface area contributed by atoms with Gasteiger partial charge in [0.2, 0.25) is 0 Å². The predicted octanol–water partition coefficient (Wildman–Crippen LogP) is 5.50. The summed E-state index contributed by atoms with van der Waals surface area (Å²) in [5.41, 5.74) is 2.61. The molecule has 0 fully saturated rings. The minimum Gasteiger partial charge on any atom is -0.494 e. The second-order valence-electron chi connectivity index (χ2n) is 6.63. The van der Waals surface area contributed by atoms with Crippen molar-refractivity contribution in [3.05, 3.63) is 70.8 Å². The Morgan fingerprint density at radius 1 is 1.14 bits per heavy atom. The van der Waals surface area contributed by atoms with Crippen molar-refractivity contribution in [2.24, 2.45) is 0 Å². The molecule has 0 aliphatic heterocycles. The van der Waals surface area contributed by atoms with Crippen LogP contribution >= 0.6 is 11.6 Å². The lowest BCUT2D eigenvalue weighted by Crippen LogP contribution is -2.34. The summed E-state index contributed by atoms with van der Waals surface area (Å²) in [4.78, 5) is 12.5. The van der Waals surface area contributed by atoms with Gasteiger partial charge >= 0.3 is 0 Å². The van der Waals surface area contributed by atoms with Crippen molar-refractivity contribution in [3.8, 4) is 5.75 Å². The fourth-order valence-electron chi connectivity index (χ4n) is 2.77. The molecule has 2 rings (SSSR count). The van der Waals surface area contributed by atoms with Gasteiger partial charge in [-0.25, -0.2) is 0 Å². The lowest BCUT2D eigenvalue weighted by atomic mass is 10.0. The van der Waals surface area contributed by atoms with Crippen LogP contribution in [-0.2, 0) is 11.2 Å². The van der Waals surface area contributed by atoms with Gasteiger partial charge < -0.3 is 14.8 Å². The van der Waals surface area contributed by atoms with Crippen molar-refractivity contribution in [2.75, 3.05) is 13.2 Å². The molecule has 0 aromatic heterocycles. The number of nitrogens with one attached hydrogen (secondary N) is 1. The Balaban J connectivity index is 1.93. The van der Waals surface area contributed by atoms with Crippen LogP contribution in [0.3, 0.4) is 0 Å². The number of hydrogen-bond acceptors (Lipinski definition) is 3. The molecule has 0 aliphatic carbocycles. The smallest absolute Gasteiger partial charge is 0.251 e. The lowest BCUT2D eigenvalue weighted by molar-refractivity contribution is 0.0940. The minimum absolute atomic E-state index is 0.0248. The van der Waals surface area contributed by atoms with Gasteiger partial charge in [0.15, 0.2) is 0 Å². The van der Waals surface area contributed by atoms with Gasteiger partial charge in [-0.15, -0.1) is 0 Å². The normalized spacial score (nSPS) is 11.6. The number of halogens is 1. The van der Waals surface area contributed by atoms with E-state index in [1.165, 1.54) is 0 Å². The minimum atomic E-state index is -0.155. The first-order valence-electron chi connectivity index (χ1n) is 9.58. The third-order valence-corrected chi connectivity index (χ3v) is 4.46. The molecular weight excluding hydrogens is 374 g/mol. The van der Waals surface area contributed by atoms with Crippen molar-refractivity contribution in [2.45, 2.75) is 39.7 Å². The van der Waals surface area contributed by atoms with Gasteiger partial charge in [0.05, 0.1) is 18.2 Å². The van der Waals surface area contributed by atoms with Gasteiger partial charge in [0.1, 0.15) is 11.5 Å². The van der Waals surface area contributed by atoms with Crippen molar-refractivity contribution in [1.82, 2.24) is 5.32 Å². The first-order valence-corrected chi connectivity index (χ1v) is 9.96. The summed E-state index contributed by atoms with van der Waals surface area (Å²) in [5, 5.41) is 3.45. The van der Waals surface area contributed by atoms with E-state index in [1.54, 1.807) is 18.2 Å². The predicted molar refractivity (Wildman–Crippen MR) is 115 cm³/mol. The van der Waals surface area contributed by atoms with E-state index in [9.17, 15) is 4.79 Å². The SMILES string of the molecule is C=C(OCC)c1ccc(C[C@@H](C)NC(=O)c2ccc(OCCC)c(Cl)c2)cc1. The van der Waals surface area contributed by atoms with E-state index in [-0.39, 0.29) is 11.9 Å². The van der Waals surface area contributed by atoms with Gasteiger partial charge in [0, 0.05) is 17.2 Å². The van der Waals surface area contributed by atoms with Crippen LogP contribution in [0.15, 0.2) is 49.0 Å². The Hall–Kier alpha value is -2.46. The molecule has 0 saturated carbocycles. The highest BCUT2D eigenvalue weighted by Crippen LogP contribution is 2.25. The molecule has 0 aliphatic rings. The van der Waals surface area contributed by atoms with E-state index >= 15 is 0 Å². The fourth-order valence-corrected chi connectivity index (χ4v) is 3.00. The number of amides is 1. The molecule has 28 heavy (non-hydrogen) atoms. The Morgan fingerprint density at radius 3 is 2.43 bits per heavy atom. The van der Waals surface area contributed by atoms with Crippen LogP contribution in [0.5, 0.6) is 5.75 Å². The van der Waals surface area contributed by atoms with Crippen LogP contribution in [0.2, 0.25) is 5.02 Å². The molecule has 0 radical (unpaired) electrons. The van der Waals surface area contributed by atoms with Gasteiger partial charge in [0.25, 0.3) is 5.91 Å². The zero-order chi connectivity index (χ0) is 20.5. The summed E-state index contributed by atoms with van der Waals surface area (Å²) in [7, 11) is 0. The van der Waals surface area contributed by atoms with E-state index in [4.69, 9.17) is 21.1 Å². The van der Waals surface area contributed by atoms with Crippen LogP contribution in [0.1, 0.15) is 48.7 Å². The molecule has 0 heterocycles. The Kier molecular flexibility index (Phi) is 8.40.